The van der Waals surface area contributed by atoms with E-state index in [4.69, 9.17) is 0 Å². The molecule has 0 bridgehead atoms. The largest absolute Gasteiger partial charge is 0.506 e. The summed E-state index contributed by atoms with van der Waals surface area (Å²) in [6, 6.07) is 15.6. The molecule has 36 heavy (non-hydrogen) atoms. The van der Waals surface area contributed by atoms with E-state index >= 15 is 0 Å². The number of urea groups is 1. The van der Waals surface area contributed by atoms with E-state index in [1.165, 1.54) is 6.07 Å². The summed E-state index contributed by atoms with van der Waals surface area (Å²) in [7, 11) is 0. The van der Waals surface area contributed by atoms with E-state index in [0.717, 1.165) is 10.6 Å². The molecule has 0 radical (unpaired) electrons. The van der Waals surface area contributed by atoms with Crippen molar-refractivity contribution in [3.8, 4) is 5.75 Å². The van der Waals surface area contributed by atoms with Crippen LogP contribution in [0.3, 0.4) is 0 Å². The maximum atomic E-state index is 12.9. The van der Waals surface area contributed by atoms with Gasteiger partial charge in [0.25, 0.3) is 11.8 Å². The number of phenolic OH excluding ortho intramolecular Hbond substituents is 1. The number of anilines is 1. The van der Waals surface area contributed by atoms with Crippen LogP contribution in [0.5, 0.6) is 5.75 Å². The van der Waals surface area contributed by atoms with Crippen molar-refractivity contribution < 1.29 is 24.3 Å². The molecule has 10 nitrogen and oxygen atoms in total. The topological polar surface area (TPSA) is 131 Å². The number of imide groups is 1. The Kier molecular flexibility index (Phi) is 7.54. The molecule has 10 heteroatoms. The third-order valence-electron chi connectivity index (χ3n) is 6.74. The van der Waals surface area contributed by atoms with Gasteiger partial charge >= 0.3 is 6.03 Å². The number of piperidine rings is 1. The zero-order valence-corrected chi connectivity index (χ0v) is 20.2. The SMILES string of the molecule is CC1(CCc2ccccc2)NC(=O)N(NC(=O)CN2CCC(C(=O)Nc3ccccc3O)CC2)C1=O. The molecule has 0 aromatic heterocycles. The van der Waals surface area contributed by atoms with Crippen molar-refractivity contribution in [1.29, 1.82) is 0 Å². The lowest BCUT2D eigenvalue weighted by Gasteiger charge is -2.31. The second-order valence-electron chi connectivity index (χ2n) is 9.48. The van der Waals surface area contributed by atoms with Gasteiger partial charge in [0.05, 0.1) is 12.2 Å². The van der Waals surface area contributed by atoms with Gasteiger partial charge in [-0.25, -0.2) is 4.79 Å². The number of aromatic hydroxyl groups is 1. The van der Waals surface area contributed by atoms with Crippen LogP contribution >= 0.6 is 0 Å². The van der Waals surface area contributed by atoms with Crippen LogP contribution in [0.4, 0.5) is 10.5 Å². The van der Waals surface area contributed by atoms with Crippen LogP contribution in [0.15, 0.2) is 54.6 Å². The van der Waals surface area contributed by atoms with E-state index in [1.807, 2.05) is 35.2 Å². The van der Waals surface area contributed by atoms with E-state index in [9.17, 15) is 24.3 Å². The molecule has 0 spiro atoms. The molecule has 2 fully saturated rings. The van der Waals surface area contributed by atoms with E-state index < -0.39 is 23.4 Å². The molecule has 4 rings (SSSR count). The molecule has 0 saturated carbocycles. The Bertz CT molecular complexity index is 1130. The summed E-state index contributed by atoms with van der Waals surface area (Å²) in [4.78, 5) is 52.4. The van der Waals surface area contributed by atoms with Gasteiger partial charge in [-0.05, 0) is 63.4 Å². The second-order valence-corrected chi connectivity index (χ2v) is 9.48. The maximum Gasteiger partial charge on any atom is 0.344 e. The Morgan fingerprint density at radius 3 is 2.42 bits per heavy atom. The quantitative estimate of drug-likeness (QED) is 0.329. The lowest BCUT2D eigenvalue weighted by molar-refractivity contribution is -0.139. The normalized spacial score (nSPS) is 20.8. The van der Waals surface area contributed by atoms with E-state index in [2.05, 4.69) is 16.1 Å². The maximum absolute atomic E-state index is 12.9. The Morgan fingerprint density at radius 2 is 1.72 bits per heavy atom. The van der Waals surface area contributed by atoms with Crippen molar-refractivity contribution in [2.24, 2.45) is 5.92 Å². The minimum absolute atomic E-state index is 0.00556. The number of carbonyl (C=O) groups excluding carboxylic acids is 4. The van der Waals surface area contributed by atoms with Gasteiger partial charge in [-0.1, -0.05) is 42.5 Å². The van der Waals surface area contributed by atoms with Gasteiger partial charge < -0.3 is 15.7 Å². The standard InChI is InChI=1S/C26H31N5O5/c1-26(14-11-18-7-3-2-4-8-18)24(35)31(25(36)28-26)29-22(33)17-30-15-12-19(13-16-30)23(34)27-20-9-5-6-10-21(20)32/h2-10,19,32H,11-17H2,1H3,(H,27,34)(H,28,36)(H,29,33). The molecule has 2 aliphatic rings. The number of nitrogens with one attached hydrogen (secondary N) is 3. The number of carbonyl (C=O) groups is 4. The minimum atomic E-state index is -1.10. The fourth-order valence-electron chi connectivity index (χ4n) is 4.52. The van der Waals surface area contributed by atoms with Crippen LogP contribution in [-0.4, -0.2) is 63.9 Å². The van der Waals surface area contributed by atoms with Crippen molar-refractivity contribution in [2.45, 2.75) is 38.1 Å². The molecular weight excluding hydrogens is 462 g/mol. The Morgan fingerprint density at radius 1 is 1.06 bits per heavy atom. The molecule has 2 aromatic carbocycles. The Labute approximate surface area is 209 Å². The number of hydrazine groups is 1. The van der Waals surface area contributed by atoms with Crippen LogP contribution in [0.2, 0.25) is 0 Å². The van der Waals surface area contributed by atoms with Crippen molar-refractivity contribution in [3.63, 3.8) is 0 Å². The summed E-state index contributed by atoms with van der Waals surface area (Å²) in [5.41, 5.74) is 2.76. The van der Waals surface area contributed by atoms with E-state index in [1.54, 1.807) is 25.1 Å². The summed E-state index contributed by atoms with van der Waals surface area (Å²) >= 11 is 0. The number of para-hydroxylation sites is 2. The predicted octanol–water partition coefficient (Wildman–Crippen LogP) is 2.02. The molecule has 2 aromatic rings. The first-order valence-electron chi connectivity index (χ1n) is 12.1. The van der Waals surface area contributed by atoms with Gasteiger partial charge in [-0.2, -0.15) is 5.01 Å². The smallest absolute Gasteiger partial charge is 0.344 e. The van der Waals surface area contributed by atoms with Gasteiger partial charge in [0.1, 0.15) is 11.3 Å². The Hall–Kier alpha value is -3.92. The van der Waals surface area contributed by atoms with Crippen LogP contribution in [-0.2, 0) is 20.8 Å². The first-order valence-corrected chi connectivity index (χ1v) is 12.1. The van der Waals surface area contributed by atoms with Crippen molar-refractivity contribution >= 4 is 29.4 Å². The van der Waals surface area contributed by atoms with E-state index in [0.29, 0.717) is 44.5 Å². The molecule has 4 N–H and O–H groups in total. The highest BCUT2D eigenvalue weighted by molar-refractivity contribution is 6.07. The molecule has 5 amide bonds. The number of likely N-dealkylation sites (tertiary alicyclic amines) is 1. The average molecular weight is 494 g/mol. The fraction of sp³-hybridized carbons (Fsp3) is 0.385. The van der Waals surface area contributed by atoms with Gasteiger partial charge in [0.2, 0.25) is 5.91 Å². The van der Waals surface area contributed by atoms with Crippen LogP contribution in [0, 0.1) is 5.92 Å². The number of benzene rings is 2. The zero-order valence-electron chi connectivity index (χ0n) is 20.2. The number of rotatable bonds is 8. The van der Waals surface area contributed by atoms with Gasteiger partial charge in [-0.3, -0.25) is 24.7 Å². The van der Waals surface area contributed by atoms with Crippen LogP contribution in [0.25, 0.3) is 0 Å². The van der Waals surface area contributed by atoms with Crippen LogP contribution in [0.1, 0.15) is 31.7 Å². The van der Waals surface area contributed by atoms with E-state index in [-0.39, 0.29) is 24.1 Å². The molecule has 190 valence electrons. The fourth-order valence-corrected chi connectivity index (χ4v) is 4.52. The third kappa shape index (κ3) is 5.83. The summed E-state index contributed by atoms with van der Waals surface area (Å²) in [5.74, 6) is -1.36. The molecule has 1 atom stereocenters. The third-order valence-corrected chi connectivity index (χ3v) is 6.74. The molecule has 2 aliphatic heterocycles. The summed E-state index contributed by atoms with van der Waals surface area (Å²) in [6.07, 6.45) is 2.11. The summed E-state index contributed by atoms with van der Waals surface area (Å²) < 4.78 is 0. The predicted molar refractivity (Wildman–Crippen MR) is 133 cm³/mol. The van der Waals surface area contributed by atoms with Crippen molar-refractivity contribution in [3.05, 3.63) is 60.2 Å². The number of phenols is 1. The van der Waals surface area contributed by atoms with Gasteiger partial charge in [-0.15, -0.1) is 0 Å². The first kappa shape index (κ1) is 25.2. The molecule has 2 saturated heterocycles. The zero-order chi connectivity index (χ0) is 25.7. The number of hydrogen-bond acceptors (Lipinski definition) is 6. The number of nitrogens with zero attached hydrogens (tertiary/aromatic N) is 2. The van der Waals surface area contributed by atoms with Crippen LogP contribution < -0.4 is 16.1 Å². The lowest BCUT2D eigenvalue weighted by atomic mass is 9.93. The first-order chi connectivity index (χ1) is 17.2. The molecule has 2 heterocycles. The second kappa shape index (κ2) is 10.8. The summed E-state index contributed by atoms with van der Waals surface area (Å²) in [6.45, 7) is 2.70. The monoisotopic (exact) mass is 493 g/mol. The number of amides is 5. The summed E-state index contributed by atoms with van der Waals surface area (Å²) in [5, 5.41) is 16.1. The number of hydrogen-bond donors (Lipinski definition) is 4. The Balaban J connectivity index is 1.23. The minimum Gasteiger partial charge on any atom is -0.506 e. The van der Waals surface area contributed by atoms with Crippen molar-refractivity contribution in [1.82, 2.24) is 20.7 Å². The highest BCUT2D eigenvalue weighted by atomic mass is 16.3. The molecule has 0 aliphatic carbocycles. The highest BCUT2D eigenvalue weighted by Crippen LogP contribution is 2.25. The van der Waals surface area contributed by atoms with Gasteiger partial charge in [0.15, 0.2) is 0 Å². The van der Waals surface area contributed by atoms with Crippen molar-refractivity contribution in [2.75, 3.05) is 25.0 Å². The highest BCUT2D eigenvalue weighted by Gasteiger charge is 2.48. The molecule has 1 unspecified atom stereocenters. The molecular formula is C26H31N5O5. The average Bonchev–Trinajstić information content (AvgIpc) is 3.08. The van der Waals surface area contributed by atoms with Gasteiger partial charge in [0, 0.05) is 5.92 Å². The lowest BCUT2D eigenvalue weighted by Crippen LogP contribution is -2.52. The number of aryl methyl sites for hydroxylation is 1.